The van der Waals surface area contributed by atoms with Gasteiger partial charge >= 0.3 is 0 Å². The summed E-state index contributed by atoms with van der Waals surface area (Å²) in [6.45, 7) is 5.62. The van der Waals surface area contributed by atoms with Gasteiger partial charge in [0.1, 0.15) is 0 Å². The molecule has 0 radical (unpaired) electrons. The van der Waals surface area contributed by atoms with Gasteiger partial charge in [0, 0.05) is 18.3 Å². The van der Waals surface area contributed by atoms with Crippen molar-refractivity contribution in [1.29, 1.82) is 0 Å². The van der Waals surface area contributed by atoms with Crippen molar-refractivity contribution in [1.82, 2.24) is 10.2 Å². The lowest BCUT2D eigenvalue weighted by atomic mass is 10.1. The number of thiocarbonyl (C=S) groups is 1. The number of piperidine rings is 1. The van der Waals surface area contributed by atoms with E-state index in [9.17, 15) is 0 Å². The predicted octanol–water partition coefficient (Wildman–Crippen LogP) is 2.85. The SMILES string of the molecule is CC(CNC(=S)Nc1ccccc1)N1CCCCC1. The minimum absolute atomic E-state index is 0.538. The molecule has 1 aromatic carbocycles. The molecule has 1 aromatic rings. The molecule has 3 nitrogen and oxygen atoms in total. The molecule has 1 saturated heterocycles. The molecule has 19 heavy (non-hydrogen) atoms. The third-order valence-electron chi connectivity index (χ3n) is 3.60. The number of benzene rings is 1. The van der Waals surface area contributed by atoms with Crippen LogP contribution in [0.25, 0.3) is 0 Å². The summed E-state index contributed by atoms with van der Waals surface area (Å²) >= 11 is 5.32. The van der Waals surface area contributed by atoms with E-state index in [2.05, 4.69) is 22.5 Å². The topological polar surface area (TPSA) is 27.3 Å². The zero-order valence-electron chi connectivity index (χ0n) is 11.6. The summed E-state index contributed by atoms with van der Waals surface area (Å²) in [7, 11) is 0. The Morgan fingerprint density at radius 3 is 2.58 bits per heavy atom. The first kappa shape index (κ1) is 14.3. The fourth-order valence-electron chi connectivity index (χ4n) is 2.43. The first-order chi connectivity index (χ1) is 9.25. The van der Waals surface area contributed by atoms with E-state index in [4.69, 9.17) is 12.2 Å². The van der Waals surface area contributed by atoms with Crippen LogP contribution in [0.15, 0.2) is 30.3 Å². The minimum Gasteiger partial charge on any atom is -0.361 e. The number of hydrogen-bond donors (Lipinski definition) is 2. The first-order valence-electron chi connectivity index (χ1n) is 7.09. The molecule has 2 rings (SSSR count). The van der Waals surface area contributed by atoms with Crippen molar-refractivity contribution < 1.29 is 0 Å². The largest absolute Gasteiger partial charge is 0.361 e. The number of anilines is 1. The third kappa shape index (κ3) is 4.80. The highest BCUT2D eigenvalue weighted by Gasteiger charge is 2.16. The number of hydrogen-bond acceptors (Lipinski definition) is 2. The Morgan fingerprint density at radius 2 is 1.89 bits per heavy atom. The highest BCUT2D eigenvalue weighted by atomic mass is 32.1. The van der Waals surface area contributed by atoms with Crippen LogP contribution in [0, 0.1) is 0 Å². The summed E-state index contributed by atoms with van der Waals surface area (Å²) in [5.74, 6) is 0. The van der Waals surface area contributed by atoms with Gasteiger partial charge in [-0.25, -0.2) is 0 Å². The van der Waals surface area contributed by atoms with Crippen molar-refractivity contribution in [3.8, 4) is 0 Å². The Morgan fingerprint density at radius 1 is 1.21 bits per heavy atom. The van der Waals surface area contributed by atoms with Crippen LogP contribution >= 0.6 is 12.2 Å². The Kier molecular flexibility index (Phi) is 5.61. The van der Waals surface area contributed by atoms with Crippen LogP contribution in [0.1, 0.15) is 26.2 Å². The fourth-order valence-corrected chi connectivity index (χ4v) is 2.63. The summed E-state index contributed by atoms with van der Waals surface area (Å²) in [6.07, 6.45) is 4.04. The Labute approximate surface area is 121 Å². The molecule has 1 aliphatic heterocycles. The maximum Gasteiger partial charge on any atom is 0.170 e. The van der Waals surface area contributed by atoms with Crippen molar-refractivity contribution >= 4 is 23.0 Å². The average Bonchev–Trinajstić information content (AvgIpc) is 2.47. The van der Waals surface area contributed by atoms with E-state index in [1.807, 2.05) is 30.3 Å². The number of rotatable bonds is 4. The molecule has 0 aliphatic carbocycles. The molecule has 1 unspecified atom stereocenters. The molecule has 0 aromatic heterocycles. The van der Waals surface area contributed by atoms with Crippen LogP contribution in [0.5, 0.6) is 0 Å². The molecule has 0 spiro atoms. The van der Waals surface area contributed by atoms with E-state index < -0.39 is 0 Å². The lowest BCUT2D eigenvalue weighted by Crippen LogP contribution is -2.45. The molecular formula is C15H23N3S. The second-order valence-corrected chi connectivity index (χ2v) is 5.55. The number of nitrogens with zero attached hydrogens (tertiary/aromatic N) is 1. The summed E-state index contributed by atoms with van der Waals surface area (Å²) in [5.41, 5.74) is 1.03. The Hall–Kier alpha value is -1.13. The highest BCUT2D eigenvalue weighted by molar-refractivity contribution is 7.80. The second kappa shape index (κ2) is 7.46. The molecule has 0 bridgehead atoms. The highest BCUT2D eigenvalue weighted by Crippen LogP contribution is 2.11. The minimum atomic E-state index is 0.538. The molecule has 104 valence electrons. The van der Waals surface area contributed by atoms with Crippen LogP contribution in [-0.2, 0) is 0 Å². The van der Waals surface area contributed by atoms with Gasteiger partial charge < -0.3 is 10.6 Å². The Bertz CT molecular complexity index is 388. The van der Waals surface area contributed by atoms with Gasteiger partial charge in [-0.3, -0.25) is 4.90 Å². The van der Waals surface area contributed by atoms with Crippen molar-refractivity contribution in [3.05, 3.63) is 30.3 Å². The lowest BCUT2D eigenvalue weighted by Gasteiger charge is -2.32. The maximum atomic E-state index is 5.32. The Balaban J connectivity index is 1.71. The first-order valence-corrected chi connectivity index (χ1v) is 7.50. The van der Waals surface area contributed by atoms with E-state index in [0.29, 0.717) is 11.2 Å². The summed E-state index contributed by atoms with van der Waals surface area (Å²) in [5, 5.41) is 7.21. The second-order valence-electron chi connectivity index (χ2n) is 5.15. The maximum absolute atomic E-state index is 5.32. The molecule has 2 N–H and O–H groups in total. The van der Waals surface area contributed by atoms with E-state index in [0.717, 1.165) is 12.2 Å². The molecule has 1 fully saturated rings. The van der Waals surface area contributed by atoms with Gasteiger partial charge in [-0.2, -0.15) is 0 Å². The summed E-state index contributed by atoms with van der Waals surface area (Å²) < 4.78 is 0. The fraction of sp³-hybridized carbons (Fsp3) is 0.533. The smallest absolute Gasteiger partial charge is 0.170 e. The summed E-state index contributed by atoms with van der Waals surface area (Å²) in [6, 6.07) is 10.6. The average molecular weight is 277 g/mol. The van der Waals surface area contributed by atoms with Gasteiger partial charge in [-0.1, -0.05) is 24.6 Å². The van der Waals surface area contributed by atoms with Crippen LogP contribution in [-0.4, -0.2) is 35.7 Å². The molecule has 0 amide bonds. The van der Waals surface area contributed by atoms with Crippen molar-refractivity contribution in [3.63, 3.8) is 0 Å². The van der Waals surface area contributed by atoms with Crippen LogP contribution in [0.4, 0.5) is 5.69 Å². The van der Waals surface area contributed by atoms with E-state index in [-0.39, 0.29) is 0 Å². The zero-order valence-corrected chi connectivity index (χ0v) is 12.4. The number of para-hydroxylation sites is 1. The monoisotopic (exact) mass is 277 g/mol. The van der Waals surface area contributed by atoms with E-state index in [1.54, 1.807) is 0 Å². The molecule has 1 atom stereocenters. The molecule has 0 saturated carbocycles. The van der Waals surface area contributed by atoms with Crippen molar-refractivity contribution in [2.45, 2.75) is 32.2 Å². The van der Waals surface area contributed by atoms with Gasteiger partial charge in [-0.15, -0.1) is 0 Å². The van der Waals surface area contributed by atoms with E-state index >= 15 is 0 Å². The normalized spacial score (nSPS) is 17.7. The lowest BCUT2D eigenvalue weighted by molar-refractivity contribution is 0.175. The van der Waals surface area contributed by atoms with Gasteiger partial charge in [0.2, 0.25) is 0 Å². The van der Waals surface area contributed by atoms with Crippen molar-refractivity contribution in [2.75, 3.05) is 25.0 Å². The number of likely N-dealkylation sites (tertiary alicyclic amines) is 1. The van der Waals surface area contributed by atoms with Gasteiger partial charge in [0.25, 0.3) is 0 Å². The van der Waals surface area contributed by atoms with Crippen LogP contribution in [0.3, 0.4) is 0 Å². The predicted molar refractivity (Wildman–Crippen MR) is 85.6 cm³/mol. The van der Waals surface area contributed by atoms with Crippen LogP contribution < -0.4 is 10.6 Å². The zero-order chi connectivity index (χ0) is 13.5. The van der Waals surface area contributed by atoms with Gasteiger partial charge in [-0.05, 0) is 57.2 Å². The molecule has 4 heteroatoms. The molecule has 1 heterocycles. The van der Waals surface area contributed by atoms with Gasteiger partial charge in [0.15, 0.2) is 5.11 Å². The number of nitrogens with one attached hydrogen (secondary N) is 2. The van der Waals surface area contributed by atoms with Crippen molar-refractivity contribution in [2.24, 2.45) is 0 Å². The van der Waals surface area contributed by atoms with Gasteiger partial charge in [0.05, 0.1) is 0 Å². The van der Waals surface area contributed by atoms with Crippen LogP contribution in [0.2, 0.25) is 0 Å². The standard InChI is InChI=1S/C15H23N3S/c1-13(18-10-6-3-7-11-18)12-16-15(19)17-14-8-4-2-5-9-14/h2,4-5,8-9,13H,3,6-7,10-12H2,1H3,(H2,16,17,19). The molecular weight excluding hydrogens is 254 g/mol. The summed E-state index contributed by atoms with van der Waals surface area (Å²) in [4.78, 5) is 2.54. The van der Waals surface area contributed by atoms with E-state index in [1.165, 1.54) is 32.4 Å². The third-order valence-corrected chi connectivity index (χ3v) is 3.85. The molecule has 1 aliphatic rings. The quantitative estimate of drug-likeness (QED) is 0.828.